The summed E-state index contributed by atoms with van der Waals surface area (Å²) < 4.78 is 38.3. The maximum atomic E-state index is 12.6. The van der Waals surface area contributed by atoms with Crippen LogP contribution in [0.5, 0.6) is 5.75 Å². The summed E-state index contributed by atoms with van der Waals surface area (Å²) in [5, 5.41) is 21.4. The molecule has 0 saturated carbocycles. The Hall–Kier alpha value is -2.84. The molecule has 0 atom stereocenters. The van der Waals surface area contributed by atoms with E-state index in [-0.39, 0.29) is 5.69 Å². The summed E-state index contributed by atoms with van der Waals surface area (Å²) in [6, 6.07) is 4.23. The van der Waals surface area contributed by atoms with Gasteiger partial charge < -0.3 is 10.2 Å². The number of nitrogens with zero attached hydrogens (tertiary/aromatic N) is 2. The highest BCUT2D eigenvalue weighted by molar-refractivity contribution is 5.88. The van der Waals surface area contributed by atoms with Crippen LogP contribution in [0.2, 0.25) is 0 Å². The van der Waals surface area contributed by atoms with Crippen molar-refractivity contribution in [1.29, 1.82) is 0 Å². The predicted molar refractivity (Wildman–Crippen MR) is 63.5 cm³/mol. The standard InChI is InChI=1S/C12H7F3N2O4/c13-12(14,15)6-2-1-3-7(4-6)17-9(19)5-8(18)10(16-17)11(20)21/h1-5,18H,(H,20,21). The van der Waals surface area contributed by atoms with E-state index in [1.165, 1.54) is 0 Å². The molecule has 1 aromatic carbocycles. The van der Waals surface area contributed by atoms with Crippen molar-refractivity contribution in [3.05, 3.63) is 51.9 Å². The van der Waals surface area contributed by atoms with E-state index in [0.717, 1.165) is 18.2 Å². The summed E-state index contributed by atoms with van der Waals surface area (Å²) in [7, 11) is 0. The van der Waals surface area contributed by atoms with Crippen LogP contribution >= 0.6 is 0 Å². The number of benzene rings is 1. The molecule has 1 aromatic heterocycles. The molecule has 21 heavy (non-hydrogen) atoms. The summed E-state index contributed by atoms with van der Waals surface area (Å²) >= 11 is 0. The number of aromatic nitrogens is 2. The van der Waals surface area contributed by atoms with E-state index in [0.29, 0.717) is 16.8 Å². The average molecular weight is 300 g/mol. The fraction of sp³-hybridized carbons (Fsp3) is 0.0833. The van der Waals surface area contributed by atoms with Crippen molar-refractivity contribution in [3.8, 4) is 11.4 Å². The molecule has 0 saturated heterocycles. The molecule has 0 spiro atoms. The third-order valence-electron chi connectivity index (χ3n) is 2.53. The third-order valence-corrected chi connectivity index (χ3v) is 2.53. The first-order valence-corrected chi connectivity index (χ1v) is 5.44. The smallest absolute Gasteiger partial charge is 0.416 e. The maximum Gasteiger partial charge on any atom is 0.416 e. The second-order valence-electron chi connectivity index (χ2n) is 3.98. The fourth-order valence-electron chi connectivity index (χ4n) is 1.60. The van der Waals surface area contributed by atoms with Gasteiger partial charge in [-0.15, -0.1) is 0 Å². The summed E-state index contributed by atoms with van der Waals surface area (Å²) in [6.45, 7) is 0. The number of halogens is 3. The number of hydrogen-bond acceptors (Lipinski definition) is 4. The fourth-order valence-corrected chi connectivity index (χ4v) is 1.60. The van der Waals surface area contributed by atoms with Crippen LogP contribution in [-0.2, 0) is 6.18 Å². The zero-order valence-corrected chi connectivity index (χ0v) is 10.1. The number of carboxylic acid groups (broad SMARTS) is 1. The molecule has 0 aliphatic heterocycles. The van der Waals surface area contributed by atoms with E-state index in [4.69, 9.17) is 5.11 Å². The summed E-state index contributed by atoms with van der Waals surface area (Å²) in [5.41, 5.74) is -3.08. The normalized spacial score (nSPS) is 11.4. The van der Waals surface area contributed by atoms with Gasteiger partial charge in [0, 0.05) is 6.07 Å². The van der Waals surface area contributed by atoms with Gasteiger partial charge in [0.25, 0.3) is 5.56 Å². The number of hydrogen-bond donors (Lipinski definition) is 2. The Bertz CT molecular complexity index is 768. The van der Waals surface area contributed by atoms with Gasteiger partial charge in [-0.1, -0.05) is 6.07 Å². The highest BCUT2D eigenvalue weighted by Gasteiger charge is 2.30. The van der Waals surface area contributed by atoms with Gasteiger partial charge in [-0.3, -0.25) is 4.79 Å². The molecule has 2 rings (SSSR count). The molecule has 0 aliphatic carbocycles. The van der Waals surface area contributed by atoms with Crippen molar-refractivity contribution >= 4 is 5.97 Å². The van der Waals surface area contributed by atoms with Gasteiger partial charge in [-0.2, -0.15) is 23.0 Å². The molecular weight excluding hydrogens is 293 g/mol. The molecular formula is C12H7F3N2O4. The van der Waals surface area contributed by atoms with Gasteiger partial charge >= 0.3 is 12.1 Å². The number of aromatic carboxylic acids is 1. The molecule has 2 N–H and O–H groups in total. The van der Waals surface area contributed by atoms with Crippen molar-refractivity contribution in [2.75, 3.05) is 0 Å². The molecule has 6 nitrogen and oxygen atoms in total. The Morgan fingerprint density at radius 1 is 1.24 bits per heavy atom. The van der Waals surface area contributed by atoms with Gasteiger partial charge in [0.1, 0.15) is 0 Å². The van der Waals surface area contributed by atoms with Crippen LogP contribution in [0.15, 0.2) is 35.1 Å². The molecule has 0 radical (unpaired) electrons. The molecule has 9 heteroatoms. The monoisotopic (exact) mass is 300 g/mol. The predicted octanol–water partition coefficient (Wildman–Crippen LogP) is 1.66. The SMILES string of the molecule is O=C(O)c1nn(-c2cccc(C(F)(F)F)c2)c(=O)cc1O. The highest BCUT2D eigenvalue weighted by Crippen LogP contribution is 2.30. The lowest BCUT2D eigenvalue weighted by Crippen LogP contribution is -2.23. The van der Waals surface area contributed by atoms with Gasteiger partial charge in [0.15, 0.2) is 5.75 Å². The zero-order valence-electron chi connectivity index (χ0n) is 10.1. The second-order valence-corrected chi connectivity index (χ2v) is 3.98. The van der Waals surface area contributed by atoms with Crippen LogP contribution in [0, 0.1) is 0 Å². The van der Waals surface area contributed by atoms with Gasteiger partial charge in [-0.25, -0.2) is 4.79 Å². The van der Waals surface area contributed by atoms with E-state index < -0.39 is 34.7 Å². The molecule has 0 bridgehead atoms. The van der Waals surface area contributed by atoms with Crippen molar-refractivity contribution in [2.45, 2.75) is 6.18 Å². The lowest BCUT2D eigenvalue weighted by molar-refractivity contribution is -0.137. The Balaban J connectivity index is 2.65. The highest BCUT2D eigenvalue weighted by atomic mass is 19.4. The maximum absolute atomic E-state index is 12.6. The summed E-state index contributed by atoms with van der Waals surface area (Å²) in [5.74, 6) is -2.48. The van der Waals surface area contributed by atoms with Gasteiger partial charge in [0.05, 0.1) is 11.3 Å². The quantitative estimate of drug-likeness (QED) is 0.880. The number of alkyl halides is 3. The molecule has 2 aromatic rings. The van der Waals surface area contributed by atoms with E-state index in [1.807, 2.05) is 0 Å². The van der Waals surface area contributed by atoms with Gasteiger partial charge in [0.2, 0.25) is 5.69 Å². The first kappa shape index (κ1) is 14.6. The number of carboxylic acids is 1. The minimum atomic E-state index is -4.62. The molecule has 0 aliphatic rings. The van der Waals surface area contributed by atoms with Crippen LogP contribution in [0.4, 0.5) is 13.2 Å². The topological polar surface area (TPSA) is 92.4 Å². The van der Waals surface area contributed by atoms with Crippen LogP contribution < -0.4 is 5.56 Å². The van der Waals surface area contributed by atoms with Crippen LogP contribution in [0.3, 0.4) is 0 Å². The molecule has 1 heterocycles. The van der Waals surface area contributed by atoms with Crippen LogP contribution in [-0.4, -0.2) is 26.0 Å². The van der Waals surface area contributed by atoms with E-state index in [1.54, 1.807) is 0 Å². The first-order valence-electron chi connectivity index (χ1n) is 5.44. The minimum absolute atomic E-state index is 0.266. The number of carbonyl (C=O) groups is 1. The van der Waals surface area contributed by atoms with Crippen molar-refractivity contribution in [3.63, 3.8) is 0 Å². The Kier molecular flexibility index (Phi) is 3.42. The number of rotatable bonds is 2. The van der Waals surface area contributed by atoms with E-state index in [2.05, 4.69) is 5.10 Å². The summed E-state index contributed by atoms with van der Waals surface area (Å²) in [4.78, 5) is 22.5. The molecule has 0 fully saturated rings. The Morgan fingerprint density at radius 2 is 1.90 bits per heavy atom. The van der Waals surface area contributed by atoms with Gasteiger partial charge in [-0.05, 0) is 18.2 Å². The van der Waals surface area contributed by atoms with E-state index in [9.17, 15) is 27.9 Å². The molecule has 0 amide bonds. The number of aromatic hydroxyl groups is 1. The lowest BCUT2D eigenvalue weighted by atomic mass is 10.2. The Morgan fingerprint density at radius 3 is 2.48 bits per heavy atom. The van der Waals surface area contributed by atoms with Crippen LogP contribution in [0.25, 0.3) is 5.69 Å². The molecule has 110 valence electrons. The third kappa shape index (κ3) is 2.86. The van der Waals surface area contributed by atoms with E-state index >= 15 is 0 Å². The van der Waals surface area contributed by atoms with Crippen molar-refractivity contribution < 1.29 is 28.2 Å². The largest absolute Gasteiger partial charge is 0.505 e. The lowest BCUT2D eigenvalue weighted by Gasteiger charge is -2.10. The zero-order chi connectivity index (χ0) is 15.8. The minimum Gasteiger partial charge on any atom is -0.505 e. The van der Waals surface area contributed by atoms with Crippen molar-refractivity contribution in [2.24, 2.45) is 0 Å². The van der Waals surface area contributed by atoms with Crippen molar-refractivity contribution in [1.82, 2.24) is 9.78 Å². The second kappa shape index (κ2) is 4.93. The molecule has 0 unspecified atom stereocenters. The van der Waals surface area contributed by atoms with Crippen LogP contribution in [0.1, 0.15) is 16.1 Å². The Labute approximate surface area is 114 Å². The summed E-state index contributed by atoms with van der Waals surface area (Å²) in [6.07, 6.45) is -4.62. The average Bonchev–Trinajstić information content (AvgIpc) is 2.37. The first-order chi connectivity index (χ1) is 9.70.